The highest BCUT2D eigenvalue weighted by Gasteiger charge is 1.94. The molecule has 0 aliphatic carbocycles. The molecule has 0 aliphatic rings. The molecule has 158 valence electrons. The minimum atomic E-state index is 1.10. The van der Waals surface area contributed by atoms with Gasteiger partial charge in [-0.1, -0.05) is 52.4 Å². The van der Waals surface area contributed by atoms with Gasteiger partial charge in [-0.15, -0.1) is 0 Å². The van der Waals surface area contributed by atoms with Crippen molar-refractivity contribution in [2.45, 2.75) is 90.9 Å². The molecule has 4 N–H and O–H groups in total. The summed E-state index contributed by atoms with van der Waals surface area (Å²) in [5.41, 5.74) is 0. The number of unbranched alkanes of at least 4 members (excludes halogenated alkanes) is 9. The van der Waals surface area contributed by atoms with Gasteiger partial charge in [0.25, 0.3) is 0 Å². The van der Waals surface area contributed by atoms with E-state index in [0.29, 0.717) is 0 Å². The van der Waals surface area contributed by atoms with Crippen LogP contribution < -0.4 is 21.3 Å². The van der Waals surface area contributed by atoms with Crippen LogP contribution in [0.4, 0.5) is 0 Å². The third-order valence-corrected chi connectivity index (χ3v) is 4.87. The van der Waals surface area contributed by atoms with Crippen molar-refractivity contribution in [1.82, 2.24) is 21.3 Å². The lowest BCUT2D eigenvalue weighted by Crippen LogP contribution is -2.19. The van der Waals surface area contributed by atoms with Gasteiger partial charge in [-0.2, -0.15) is 0 Å². The SMILES string of the molecule is CCNCCCCNCCCCCCCCCCNCCCCNCC. The average molecular weight is 371 g/mol. The first-order valence-corrected chi connectivity index (χ1v) is 11.7. The van der Waals surface area contributed by atoms with E-state index in [4.69, 9.17) is 0 Å². The quantitative estimate of drug-likeness (QED) is 0.205. The number of rotatable bonds is 23. The van der Waals surface area contributed by atoms with Crippen molar-refractivity contribution in [2.75, 3.05) is 52.4 Å². The Morgan fingerprint density at radius 3 is 0.846 bits per heavy atom. The number of hydrogen-bond acceptors (Lipinski definition) is 4. The maximum atomic E-state index is 3.57. The van der Waals surface area contributed by atoms with Crippen LogP contribution in [0.3, 0.4) is 0 Å². The molecule has 0 amide bonds. The molecule has 0 heterocycles. The molecule has 0 bridgehead atoms. The Kier molecular flexibility index (Phi) is 24.7. The average Bonchev–Trinajstić information content (AvgIpc) is 2.66. The Balaban J connectivity index is 2.95. The molecule has 0 saturated heterocycles. The summed E-state index contributed by atoms with van der Waals surface area (Å²) >= 11 is 0. The molecule has 0 aliphatic heterocycles. The van der Waals surface area contributed by atoms with Gasteiger partial charge in [0.05, 0.1) is 0 Å². The van der Waals surface area contributed by atoms with Gasteiger partial charge in [0, 0.05) is 0 Å². The van der Waals surface area contributed by atoms with E-state index in [1.54, 1.807) is 0 Å². The molecule has 0 aromatic carbocycles. The van der Waals surface area contributed by atoms with E-state index < -0.39 is 0 Å². The lowest BCUT2D eigenvalue weighted by atomic mass is 10.1. The van der Waals surface area contributed by atoms with Crippen molar-refractivity contribution in [3.05, 3.63) is 0 Å². The van der Waals surface area contributed by atoms with Crippen LogP contribution in [0.2, 0.25) is 0 Å². The zero-order valence-electron chi connectivity index (χ0n) is 18.1. The molecule has 0 unspecified atom stereocenters. The molecule has 0 saturated carbocycles. The first-order chi connectivity index (χ1) is 12.9. The monoisotopic (exact) mass is 370 g/mol. The van der Waals surface area contributed by atoms with E-state index in [1.807, 2.05) is 0 Å². The highest BCUT2D eigenvalue weighted by molar-refractivity contribution is 4.54. The Morgan fingerprint density at radius 1 is 0.308 bits per heavy atom. The second-order valence-electron chi connectivity index (χ2n) is 7.45. The molecule has 0 radical (unpaired) electrons. The van der Waals surface area contributed by atoms with Gasteiger partial charge in [-0.05, 0) is 90.9 Å². The van der Waals surface area contributed by atoms with Gasteiger partial charge in [-0.3, -0.25) is 0 Å². The predicted molar refractivity (Wildman–Crippen MR) is 118 cm³/mol. The summed E-state index contributed by atoms with van der Waals surface area (Å²) < 4.78 is 0. The first kappa shape index (κ1) is 25.8. The molecule has 4 heteroatoms. The van der Waals surface area contributed by atoms with Crippen molar-refractivity contribution >= 4 is 0 Å². The van der Waals surface area contributed by atoms with Crippen LogP contribution in [0.15, 0.2) is 0 Å². The molecule has 0 aromatic heterocycles. The van der Waals surface area contributed by atoms with Crippen molar-refractivity contribution in [3.63, 3.8) is 0 Å². The maximum absolute atomic E-state index is 3.57. The lowest BCUT2D eigenvalue weighted by molar-refractivity contribution is 0.528. The van der Waals surface area contributed by atoms with Crippen molar-refractivity contribution in [1.29, 1.82) is 0 Å². The predicted octanol–water partition coefficient (Wildman–Crippen LogP) is 4.07. The molecule has 0 spiro atoms. The lowest BCUT2D eigenvalue weighted by Gasteiger charge is -2.06. The van der Waals surface area contributed by atoms with Crippen LogP contribution in [0.25, 0.3) is 0 Å². The van der Waals surface area contributed by atoms with Crippen LogP contribution >= 0.6 is 0 Å². The zero-order valence-corrected chi connectivity index (χ0v) is 18.1. The molecular formula is C22H50N4. The minimum Gasteiger partial charge on any atom is -0.317 e. The number of hydrogen-bond donors (Lipinski definition) is 4. The molecule has 26 heavy (non-hydrogen) atoms. The van der Waals surface area contributed by atoms with Gasteiger partial charge in [-0.25, -0.2) is 0 Å². The maximum Gasteiger partial charge on any atom is -0.00484 e. The summed E-state index contributed by atoms with van der Waals surface area (Å²) in [6.45, 7) is 13.7. The van der Waals surface area contributed by atoms with E-state index in [1.165, 1.54) is 116 Å². The fourth-order valence-corrected chi connectivity index (χ4v) is 3.16. The van der Waals surface area contributed by atoms with Gasteiger partial charge in [0.2, 0.25) is 0 Å². The van der Waals surface area contributed by atoms with Crippen molar-refractivity contribution < 1.29 is 0 Å². The summed E-state index contributed by atoms with van der Waals surface area (Å²) in [5, 5.41) is 13.9. The Morgan fingerprint density at radius 2 is 0.538 bits per heavy atom. The minimum absolute atomic E-state index is 1.10. The summed E-state index contributed by atoms with van der Waals surface area (Å²) in [6, 6.07) is 0. The number of nitrogens with one attached hydrogen (secondary N) is 4. The molecular weight excluding hydrogens is 320 g/mol. The topological polar surface area (TPSA) is 48.1 Å². The van der Waals surface area contributed by atoms with E-state index in [0.717, 1.165) is 13.1 Å². The van der Waals surface area contributed by atoms with E-state index >= 15 is 0 Å². The summed E-state index contributed by atoms with van der Waals surface area (Å²) in [7, 11) is 0. The highest BCUT2D eigenvalue weighted by Crippen LogP contribution is 2.08. The summed E-state index contributed by atoms with van der Waals surface area (Å²) in [4.78, 5) is 0. The van der Waals surface area contributed by atoms with Gasteiger partial charge >= 0.3 is 0 Å². The fourth-order valence-electron chi connectivity index (χ4n) is 3.16. The Bertz CT molecular complexity index is 212. The zero-order chi connectivity index (χ0) is 19.0. The summed E-state index contributed by atoms with van der Waals surface area (Å²) in [6.07, 6.45) is 16.4. The van der Waals surface area contributed by atoms with Crippen LogP contribution in [-0.2, 0) is 0 Å². The van der Waals surface area contributed by atoms with Crippen molar-refractivity contribution in [2.24, 2.45) is 0 Å². The summed E-state index contributed by atoms with van der Waals surface area (Å²) in [5.74, 6) is 0. The van der Waals surface area contributed by atoms with Crippen molar-refractivity contribution in [3.8, 4) is 0 Å². The smallest absolute Gasteiger partial charge is 0.00484 e. The molecule has 0 rings (SSSR count). The Hall–Kier alpha value is -0.160. The van der Waals surface area contributed by atoms with E-state index in [9.17, 15) is 0 Å². The highest BCUT2D eigenvalue weighted by atomic mass is 14.9. The van der Waals surface area contributed by atoms with Crippen LogP contribution in [0, 0.1) is 0 Å². The third kappa shape index (κ3) is 23.8. The van der Waals surface area contributed by atoms with Gasteiger partial charge in [0.15, 0.2) is 0 Å². The fraction of sp³-hybridized carbons (Fsp3) is 1.00. The van der Waals surface area contributed by atoms with Gasteiger partial charge < -0.3 is 21.3 Å². The normalized spacial score (nSPS) is 11.3. The molecule has 0 fully saturated rings. The third-order valence-electron chi connectivity index (χ3n) is 4.87. The first-order valence-electron chi connectivity index (χ1n) is 11.7. The van der Waals surface area contributed by atoms with Gasteiger partial charge in [0.1, 0.15) is 0 Å². The van der Waals surface area contributed by atoms with Crippen LogP contribution in [0.5, 0.6) is 0 Å². The molecule has 4 nitrogen and oxygen atoms in total. The Labute approximate surface area is 165 Å². The second-order valence-corrected chi connectivity index (χ2v) is 7.45. The molecule has 0 aromatic rings. The second kappa shape index (κ2) is 24.8. The standard InChI is InChI=1S/C22H50N4/c1-3-23-17-13-15-21-25-19-11-9-7-5-6-8-10-12-20-26-22-16-14-18-24-4-2/h23-26H,3-22H2,1-2H3. The van der Waals surface area contributed by atoms with E-state index in [-0.39, 0.29) is 0 Å². The largest absolute Gasteiger partial charge is 0.317 e. The van der Waals surface area contributed by atoms with Crippen LogP contribution in [-0.4, -0.2) is 52.4 Å². The molecule has 0 atom stereocenters. The van der Waals surface area contributed by atoms with Crippen LogP contribution in [0.1, 0.15) is 90.9 Å². The van der Waals surface area contributed by atoms with E-state index in [2.05, 4.69) is 35.1 Å².